The molecule has 0 aromatic carbocycles. The third-order valence-corrected chi connectivity index (χ3v) is 1.30. The Morgan fingerprint density at radius 3 is 2.43 bits per heavy atom. The minimum absolute atomic E-state index is 0.0331. The summed E-state index contributed by atoms with van der Waals surface area (Å²) in [5.41, 5.74) is 0. The zero-order valence-electron chi connectivity index (χ0n) is 9.46. The van der Waals surface area contributed by atoms with Gasteiger partial charge in [0.25, 0.3) is 5.91 Å². The Balaban J connectivity index is 0. The van der Waals surface area contributed by atoms with E-state index in [1.807, 2.05) is 13.8 Å². The molecule has 0 radical (unpaired) electrons. The van der Waals surface area contributed by atoms with Gasteiger partial charge >= 0.3 is 0 Å². The van der Waals surface area contributed by atoms with Gasteiger partial charge in [0.15, 0.2) is 6.10 Å². The van der Waals surface area contributed by atoms with E-state index in [4.69, 9.17) is 5.11 Å². The Kier molecular flexibility index (Phi) is 13.9. The normalized spacial score (nSPS) is 11.2. The Labute approximate surface area is 85.8 Å². The summed E-state index contributed by atoms with van der Waals surface area (Å²) in [7, 11) is 3.22. The van der Waals surface area contributed by atoms with Gasteiger partial charge in [0.2, 0.25) is 0 Å². The molecule has 3 N–H and O–H groups in total. The standard InChI is InChI=1S/C7H16N2O3.C2H6/c1-8-3-4-9-7(11)6(10)5-12-2;1-2/h6,8,10H,3-5H2,1-2H3,(H,9,11);1-2H3. The number of hydrogen-bond donors (Lipinski definition) is 3. The zero-order chi connectivity index (χ0) is 11.4. The second kappa shape index (κ2) is 12.3. The third-order valence-electron chi connectivity index (χ3n) is 1.30. The lowest BCUT2D eigenvalue weighted by Crippen LogP contribution is -2.39. The average molecular weight is 206 g/mol. The number of amides is 1. The number of aliphatic hydroxyl groups excluding tert-OH is 1. The van der Waals surface area contributed by atoms with Gasteiger partial charge in [-0.05, 0) is 7.05 Å². The van der Waals surface area contributed by atoms with Gasteiger partial charge in [-0.1, -0.05) is 13.8 Å². The number of methoxy groups -OCH3 is 1. The molecule has 1 atom stereocenters. The molecule has 5 heteroatoms. The quantitative estimate of drug-likeness (QED) is 0.505. The maximum atomic E-state index is 10.9. The Morgan fingerprint density at radius 2 is 2.00 bits per heavy atom. The SMILES string of the molecule is CC.CNCCNC(=O)C(O)COC. The van der Waals surface area contributed by atoms with E-state index in [0.29, 0.717) is 13.1 Å². The van der Waals surface area contributed by atoms with Crippen LogP contribution in [0.4, 0.5) is 0 Å². The molecule has 14 heavy (non-hydrogen) atoms. The predicted octanol–water partition coefficient (Wildman–Crippen LogP) is -0.644. The van der Waals surface area contributed by atoms with Gasteiger partial charge in [-0.2, -0.15) is 0 Å². The topological polar surface area (TPSA) is 70.6 Å². The van der Waals surface area contributed by atoms with Crippen molar-refractivity contribution in [3.05, 3.63) is 0 Å². The first kappa shape index (κ1) is 15.8. The maximum absolute atomic E-state index is 10.9. The number of aliphatic hydroxyl groups is 1. The number of nitrogens with one attached hydrogen (secondary N) is 2. The number of hydrogen-bond acceptors (Lipinski definition) is 4. The molecule has 0 aliphatic carbocycles. The molecule has 86 valence electrons. The van der Waals surface area contributed by atoms with E-state index in [0.717, 1.165) is 0 Å². The molecule has 0 fully saturated rings. The molecule has 0 aliphatic rings. The van der Waals surface area contributed by atoms with Crippen LogP contribution in [-0.4, -0.2) is 51.0 Å². The van der Waals surface area contributed by atoms with Gasteiger partial charge in [0.05, 0.1) is 6.61 Å². The fourth-order valence-corrected chi connectivity index (χ4v) is 0.662. The van der Waals surface area contributed by atoms with Crippen LogP contribution >= 0.6 is 0 Å². The van der Waals surface area contributed by atoms with E-state index in [-0.39, 0.29) is 6.61 Å². The van der Waals surface area contributed by atoms with Gasteiger partial charge < -0.3 is 20.5 Å². The van der Waals surface area contributed by atoms with Crippen LogP contribution in [0.2, 0.25) is 0 Å². The molecular formula is C9H22N2O3. The first-order valence-corrected chi connectivity index (χ1v) is 4.81. The molecule has 0 heterocycles. The Bertz CT molecular complexity index is 131. The molecular weight excluding hydrogens is 184 g/mol. The summed E-state index contributed by atoms with van der Waals surface area (Å²) in [5, 5.41) is 14.5. The van der Waals surface area contributed by atoms with E-state index >= 15 is 0 Å². The van der Waals surface area contributed by atoms with E-state index in [1.54, 1.807) is 7.05 Å². The highest BCUT2D eigenvalue weighted by Gasteiger charge is 2.12. The number of likely N-dealkylation sites (N-methyl/N-ethyl adjacent to an activating group) is 1. The van der Waals surface area contributed by atoms with Crippen LogP contribution in [-0.2, 0) is 9.53 Å². The Morgan fingerprint density at radius 1 is 1.43 bits per heavy atom. The summed E-state index contributed by atoms with van der Waals surface area (Å²) < 4.78 is 4.60. The molecule has 0 aromatic rings. The second-order valence-corrected chi connectivity index (χ2v) is 2.37. The average Bonchev–Trinajstić information content (AvgIpc) is 2.21. The van der Waals surface area contributed by atoms with Crippen molar-refractivity contribution < 1.29 is 14.6 Å². The monoisotopic (exact) mass is 206 g/mol. The molecule has 1 amide bonds. The number of carbonyl (C=O) groups is 1. The number of ether oxygens (including phenoxy) is 1. The van der Waals surface area contributed by atoms with Crippen molar-refractivity contribution in [3.8, 4) is 0 Å². The lowest BCUT2D eigenvalue weighted by atomic mass is 10.3. The second-order valence-electron chi connectivity index (χ2n) is 2.37. The minimum atomic E-state index is -1.06. The molecule has 0 bridgehead atoms. The molecule has 0 aromatic heterocycles. The van der Waals surface area contributed by atoms with Crippen molar-refractivity contribution in [2.75, 3.05) is 33.9 Å². The van der Waals surface area contributed by atoms with Gasteiger partial charge in [-0.15, -0.1) is 0 Å². The van der Waals surface area contributed by atoms with Gasteiger partial charge in [-0.3, -0.25) is 4.79 Å². The van der Waals surface area contributed by atoms with Crippen LogP contribution < -0.4 is 10.6 Å². The van der Waals surface area contributed by atoms with Crippen LogP contribution in [0.5, 0.6) is 0 Å². The van der Waals surface area contributed by atoms with E-state index in [9.17, 15) is 4.79 Å². The largest absolute Gasteiger partial charge is 0.381 e. The zero-order valence-corrected chi connectivity index (χ0v) is 9.46. The van der Waals surface area contributed by atoms with E-state index < -0.39 is 12.0 Å². The van der Waals surface area contributed by atoms with Crippen molar-refractivity contribution in [2.24, 2.45) is 0 Å². The summed E-state index contributed by atoms with van der Waals surface area (Å²) >= 11 is 0. The predicted molar refractivity (Wildman–Crippen MR) is 56.2 cm³/mol. The summed E-state index contributed by atoms with van der Waals surface area (Å²) in [4.78, 5) is 10.9. The Hall–Kier alpha value is -0.650. The molecule has 0 saturated heterocycles. The summed E-state index contributed by atoms with van der Waals surface area (Å²) in [5.74, 6) is -0.396. The van der Waals surface area contributed by atoms with Gasteiger partial charge in [0, 0.05) is 20.2 Å². The van der Waals surface area contributed by atoms with Crippen molar-refractivity contribution in [3.63, 3.8) is 0 Å². The lowest BCUT2D eigenvalue weighted by molar-refractivity contribution is -0.131. The van der Waals surface area contributed by atoms with Crippen LogP contribution in [0.3, 0.4) is 0 Å². The van der Waals surface area contributed by atoms with Crippen molar-refractivity contribution in [1.82, 2.24) is 10.6 Å². The van der Waals surface area contributed by atoms with Gasteiger partial charge in [-0.25, -0.2) is 0 Å². The fourth-order valence-electron chi connectivity index (χ4n) is 0.662. The molecule has 0 saturated carbocycles. The van der Waals surface area contributed by atoms with Crippen molar-refractivity contribution in [2.45, 2.75) is 20.0 Å². The molecule has 1 unspecified atom stereocenters. The van der Waals surface area contributed by atoms with Crippen LogP contribution in [0, 0.1) is 0 Å². The molecule has 0 aliphatic heterocycles. The highest BCUT2D eigenvalue weighted by atomic mass is 16.5. The highest BCUT2D eigenvalue weighted by molar-refractivity contribution is 5.80. The van der Waals surface area contributed by atoms with E-state index in [2.05, 4.69) is 15.4 Å². The van der Waals surface area contributed by atoms with Gasteiger partial charge in [0.1, 0.15) is 0 Å². The van der Waals surface area contributed by atoms with Crippen LogP contribution in [0.1, 0.15) is 13.8 Å². The summed E-state index contributed by atoms with van der Waals surface area (Å²) in [6.07, 6.45) is -1.06. The van der Waals surface area contributed by atoms with Crippen molar-refractivity contribution in [1.29, 1.82) is 0 Å². The summed E-state index contributed by atoms with van der Waals surface area (Å²) in [6.45, 7) is 5.23. The van der Waals surface area contributed by atoms with Crippen LogP contribution in [0.25, 0.3) is 0 Å². The molecule has 0 spiro atoms. The van der Waals surface area contributed by atoms with Crippen molar-refractivity contribution >= 4 is 5.91 Å². The van der Waals surface area contributed by atoms with Crippen LogP contribution in [0.15, 0.2) is 0 Å². The fraction of sp³-hybridized carbons (Fsp3) is 0.889. The first-order chi connectivity index (χ1) is 6.72. The highest BCUT2D eigenvalue weighted by Crippen LogP contribution is 1.82. The number of carbonyl (C=O) groups excluding carboxylic acids is 1. The smallest absolute Gasteiger partial charge is 0.251 e. The lowest BCUT2D eigenvalue weighted by Gasteiger charge is -2.09. The maximum Gasteiger partial charge on any atom is 0.251 e. The minimum Gasteiger partial charge on any atom is -0.381 e. The summed E-state index contributed by atoms with van der Waals surface area (Å²) in [6, 6.07) is 0. The number of rotatable bonds is 6. The van der Waals surface area contributed by atoms with E-state index in [1.165, 1.54) is 7.11 Å². The third kappa shape index (κ3) is 9.44. The molecule has 5 nitrogen and oxygen atoms in total. The molecule has 0 rings (SSSR count). The first-order valence-electron chi connectivity index (χ1n) is 4.81.